The Hall–Kier alpha value is -5.01. The Kier molecular flexibility index (Phi) is 13.4. The molecule has 0 saturated carbocycles. The lowest BCUT2D eigenvalue weighted by Crippen LogP contribution is -2.50. The summed E-state index contributed by atoms with van der Waals surface area (Å²) in [5.41, 5.74) is 3.37. The number of aromatic nitrogens is 4. The topological polar surface area (TPSA) is 153 Å². The number of ether oxygens (including phenoxy) is 2. The highest BCUT2D eigenvalue weighted by molar-refractivity contribution is 6.00. The van der Waals surface area contributed by atoms with E-state index in [1.54, 1.807) is 34.0 Å². The molecule has 0 aliphatic carbocycles. The summed E-state index contributed by atoms with van der Waals surface area (Å²) in [5.74, 6) is 0.0360. The van der Waals surface area contributed by atoms with Crippen molar-refractivity contribution < 1.29 is 23.9 Å². The Morgan fingerprint density at radius 3 is 2.63 bits per heavy atom. The highest BCUT2D eigenvalue weighted by Crippen LogP contribution is 2.31. The fourth-order valence-electron chi connectivity index (χ4n) is 6.40. The van der Waals surface area contributed by atoms with Crippen LogP contribution in [-0.2, 0) is 24.2 Å². The molecular formula is C37H45ClN8O5. The summed E-state index contributed by atoms with van der Waals surface area (Å²) >= 11 is 0. The number of pyridine rings is 1. The van der Waals surface area contributed by atoms with Crippen molar-refractivity contribution in [2.75, 3.05) is 46.4 Å². The average Bonchev–Trinajstić information content (AvgIpc) is 3.62. The molecule has 1 atom stereocenters. The van der Waals surface area contributed by atoms with Gasteiger partial charge in [0.1, 0.15) is 11.7 Å². The first-order valence-corrected chi connectivity index (χ1v) is 17.3. The Bertz CT molecular complexity index is 1760. The maximum atomic E-state index is 14.0. The standard InChI is InChI=1S/C37H44N8O5.ClH/c1-49-33-10-5-9-30-34(33)50-22-6-19-45-25-29(42-43-45)14-20-44(37(48)32-24-28(13-17-39-32)27-11-15-38-16-12-27)21-18-40-36(47)31(41-35(30)46)23-26-7-3-2-4-8-26;/h2-5,7-10,13,17,24-25,27,31,38H,6,11-12,14-16,18-23H2,1H3,(H,40,47)(H,41,46);1H/t31-;/m0./s1. The Morgan fingerprint density at radius 1 is 1.00 bits per heavy atom. The van der Waals surface area contributed by atoms with Gasteiger partial charge in [0.15, 0.2) is 11.5 Å². The maximum Gasteiger partial charge on any atom is 0.272 e. The predicted molar refractivity (Wildman–Crippen MR) is 193 cm³/mol. The van der Waals surface area contributed by atoms with Crippen molar-refractivity contribution in [2.45, 2.75) is 50.6 Å². The fourth-order valence-corrected chi connectivity index (χ4v) is 6.40. The van der Waals surface area contributed by atoms with Crippen LogP contribution in [0.25, 0.3) is 0 Å². The molecule has 6 rings (SSSR count). The second-order valence-corrected chi connectivity index (χ2v) is 12.6. The second kappa shape index (κ2) is 18.3. The van der Waals surface area contributed by atoms with Crippen LogP contribution in [0, 0.1) is 0 Å². The van der Waals surface area contributed by atoms with E-state index in [0.29, 0.717) is 49.0 Å². The van der Waals surface area contributed by atoms with Gasteiger partial charge < -0.3 is 30.3 Å². The van der Waals surface area contributed by atoms with E-state index in [1.165, 1.54) is 7.11 Å². The minimum Gasteiger partial charge on any atom is -0.493 e. The molecule has 3 amide bonds. The van der Waals surface area contributed by atoms with Crippen molar-refractivity contribution in [3.05, 3.63) is 101 Å². The first kappa shape index (κ1) is 37.3. The predicted octanol–water partition coefficient (Wildman–Crippen LogP) is 3.20. The number of nitrogens with one attached hydrogen (secondary N) is 3. The molecule has 0 spiro atoms. The van der Waals surface area contributed by atoms with Crippen LogP contribution in [0.2, 0.25) is 0 Å². The van der Waals surface area contributed by atoms with Crippen LogP contribution in [0.1, 0.15) is 62.8 Å². The van der Waals surface area contributed by atoms with Crippen molar-refractivity contribution in [1.82, 2.24) is 40.8 Å². The van der Waals surface area contributed by atoms with E-state index >= 15 is 0 Å². The second-order valence-electron chi connectivity index (χ2n) is 12.6. The van der Waals surface area contributed by atoms with Crippen LogP contribution in [0.4, 0.5) is 0 Å². The number of hydrogen-bond acceptors (Lipinski definition) is 9. The summed E-state index contributed by atoms with van der Waals surface area (Å²) in [6, 6.07) is 17.6. The molecule has 2 aliphatic heterocycles. The number of fused-ring (bicyclic) bond motifs is 3. The maximum absolute atomic E-state index is 14.0. The lowest BCUT2D eigenvalue weighted by molar-refractivity contribution is -0.123. The third-order valence-corrected chi connectivity index (χ3v) is 9.13. The van der Waals surface area contributed by atoms with Crippen molar-refractivity contribution in [2.24, 2.45) is 0 Å². The molecule has 1 saturated heterocycles. The van der Waals surface area contributed by atoms with Crippen LogP contribution in [0.3, 0.4) is 0 Å². The lowest BCUT2D eigenvalue weighted by atomic mass is 9.90. The minimum atomic E-state index is -0.896. The summed E-state index contributed by atoms with van der Waals surface area (Å²) in [7, 11) is 1.52. The zero-order valence-corrected chi connectivity index (χ0v) is 29.6. The van der Waals surface area contributed by atoms with E-state index in [-0.39, 0.29) is 55.9 Å². The van der Waals surface area contributed by atoms with Crippen molar-refractivity contribution in [3.8, 4) is 11.5 Å². The number of nitrogens with zero attached hydrogens (tertiary/aromatic N) is 5. The minimum absolute atomic E-state index is 0. The van der Waals surface area contributed by atoms with Crippen LogP contribution >= 0.6 is 12.4 Å². The number of para-hydroxylation sites is 1. The van der Waals surface area contributed by atoms with Gasteiger partial charge in [-0.2, -0.15) is 0 Å². The van der Waals surface area contributed by atoms with Crippen LogP contribution in [0.5, 0.6) is 11.5 Å². The number of benzene rings is 2. The molecule has 2 bridgehead atoms. The summed E-state index contributed by atoms with van der Waals surface area (Å²) in [5, 5.41) is 17.9. The number of hydrogen-bond donors (Lipinski definition) is 3. The van der Waals surface area contributed by atoms with Gasteiger partial charge in [0, 0.05) is 57.8 Å². The van der Waals surface area contributed by atoms with Crippen LogP contribution < -0.4 is 25.4 Å². The Labute approximate surface area is 303 Å². The molecule has 1 fully saturated rings. The average molecular weight is 717 g/mol. The molecule has 4 heterocycles. The summed E-state index contributed by atoms with van der Waals surface area (Å²) < 4.78 is 13.4. The largest absolute Gasteiger partial charge is 0.493 e. The third-order valence-electron chi connectivity index (χ3n) is 9.13. The number of piperidine rings is 1. The van der Waals surface area contributed by atoms with Gasteiger partial charge in [0.25, 0.3) is 11.8 Å². The molecular weight excluding hydrogens is 672 g/mol. The summed E-state index contributed by atoms with van der Waals surface area (Å²) in [6.07, 6.45) is 6.92. The summed E-state index contributed by atoms with van der Waals surface area (Å²) in [4.78, 5) is 47.7. The Balaban J connectivity index is 0.00000504. The number of carbonyl (C=O) groups excluding carboxylic acids is 3. The number of carbonyl (C=O) groups is 3. The molecule has 51 heavy (non-hydrogen) atoms. The molecule has 14 heteroatoms. The smallest absolute Gasteiger partial charge is 0.272 e. The number of methoxy groups -OCH3 is 1. The van der Waals surface area contributed by atoms with E-state index in [9.17, 15) is 14.4 Å². The molecule has 2 aliphatic rings. The van der Waals surface area contributed by atoms with Gasteiger partial charge in [-0.3, -0.25) is 24.0 Å². The van der Waals surface area contributed by atoms with Crippen molar-refractivity contribution >= 4 is 30.1 Å². The van der Waals surface area contributed by atoms with Crippen molar-refractivity contribution in [1.29, 1.82) is 0 Å². The molecule has 3 N–H and O–H groups in total. The van der Waals surface area contributed by atoms with E-state index in [2.05, 4.69) is 31.2 Å². The summed E-state index contributed by atoms with van der Waals surface area (Å²) in [6.45, 7) is 3.48. The number of rotatable bonds is 5. The van der Waals surface area contributed by atoms with Gasteiger partial charge in [0.2, 0.25) is 5.91 Å². The van der Waals surface area contributed by atoms with Gasteiger partial charge in [-0.15, -0.1) is 17.5 Å². The number of halogens is 1. The zero-order chi connectivity index (χ0) is 34.7. The van der Waals surface area contributed by atoms with Gasteiger partial charge in [0.05, 0.1) is 25.0 Å². The zero-order valence-electron chi connectivity index (χ0n) is 28.8. The molecule has 270 valence electrons. The highest BCUT2D eigenvalue weighted by atomic mass is 35.5. The number of aryl methyl sites for hydroxylation is 1. The quantitative estimate of drug-likeness (QED) is 0.283. The van der Waals surface area contributed by atoms with Crippen LogP contribution in [0.15, 0.2) is 73.1 Å². The highest BCUT2D eigenvalue weighted by Gasteiger charge is 2.26. The molecule has 2 aromatic heterocycles. The van der Waals surface area contributed by atoms with Gasteiger partial charge in [-0.1, -0.05) is 41.6 Å². The van der Waals surface area contributed by atoms with E-state index in [0.717, 1.165) is 42.8 Å². The lowest BCUT2D eigenvalue weighted by Gasteiger charge is -2.25. The number of amides is 3. The molecule has 13 nitrogen and oxygen atoms in total. The van der Waals surface area contributed by atoms with E-state index in [1.807, 2.05) is 48.7 Å². The first-order valence-electron chi connectivity index (χ1n) is 17.3. The monoisotopic (exact) mass is 716 g/mol. The fraction of sp³-hybridized carbons (Fsp3) is 0.405. The SMILES string of the molecule is COc1cccc2c1OCCCn1cc(nn1)CCN(C(=O)c1cc(C3CCNCC3)ccn1)CCNC(=O)[C@H](Cc1ccccc1)NC2=O.Cl. The first-order chi connectivity index (χ1) is 24.5. The molecule has 0 radical (unpaired) electrons. The normalized spacial score (nSPS) is 18.0. The van der Waals surface area contributed by atoms with Gasteiger partial charge in [-0.25, -0.2) is 0 Å². The van der Waals surface area contributed by atoms with Gasteiger partial charge >= 0.3 is 0 Å². The van der Waals surface area contributed by atoms with Crippen LogP contribution in [-0.4, -0.2) is 95.1 Å². The van der Waals surface area contributed by atoms with Gasteiger partial charge in [-0.05, 0) is 67.2 Å². The third kappa shape index (κ3) is 9.83. The molecule has 0 unspecified atom stereocenters. The van der Waals surface area contributed by atoms with E-state index < -0.39 is 11.9 Å². The van der Waals surface area contributed by atoms with E-state index in [4.69, 9.17) is 9.47 Å². The molecule has 2 aromatic carbocycles. The van der Waals surface area contributed by atoms with Crippen molar-refractivity contribution in [3.63, 3.8) is 0 Å². The Morgan fingerprint density at radius 2 is 1.82 bits per heavy atom. The molecule has 4 aromatic rings.